The average molecular weight is 385 g/mol. The molecule has 138 valence electrons. The first kappa shape index (κ1) is 17.4. The number of anilines is 1. The van der Waals surface area contributed by atoms with E-state index in [0.29, 0.717) is 28.8 Å². The zero-order valence-corrected chi connectivity index (χ0v) is 15.3. The standard InChI is InChI=1S/C19H16FN3O3S/c1-26-15-7-5-14(6-8-15)23-18(16-10-27(25)11-17(16)22-23)21-19(24)12-3-2-4-13(20)9-12/h2-9H,10-11H2,1H3,(H,21,24)/t27-/m0/s1. The molecule has 1 N–H and O–H groups in total. The predicted octanol–water partition coefficient (Wildman–Crippen LogP) is 3.03. The van der Waals surface area contributed by atoms with Crippen LogP contribution < -0.4 is 10.1 Å². The van der Waals surface area contributed by atoms with Crippen molar-refractivity contribution in [3.63, 3.8) is 0 Å². The quantitative estimate of drug-likeness (QED) is 0.749. The molecule has 3 aromatic rings. The number of hydrogen-bond donors (Lipinski definition) is 1. The molecule has 0 saturated heterocycles. The van der Waals surface area contributed by atoms with Crippen molar-refractivity contribution in [1.29, 1.82) is 0 Å². The fourth-order valence-electron chi connectivity index (χ4n) is 2.98. The number of aromatic nitrogens is 2. The van der Waals surface area contributed by atoms with Crippen LogP contribution in [0, 0.1) is 5.82 Å². The second kappa shape index (κ2) is 6.96. The number of carbonyl (C=O) groups excluding carboxylic acids is 1. The molecular formula is C19H16FN3O3S. The summed E-state index contributed by atoms with van der Waals surface area (Å²) in [5, 5.41) is 7.34. The zero-order valence-electron chi connectivity index (χ0n) is 14.4. The lowest BCUT2D eigenvalue weighted by molar-refractivity contribution is 0.102. The van der Waals surface area contributed by atoms with Crippen LogP contribution >= 0.6 is 0 Å². The van der Waals surface area contributed by atoms with Crippen LogP contribution in [-0.4, -0.2) is 27.0 Å². The summed E-state index contributed by atoms with van der Waals surface area (Å²) in [5.74, 6) is 0.883. The molecule has 0 spiro atoms. The summed E-state index contributed by atoms with van der Waals surface area (Å²) in [7, 11) is 0.542. The molecule has 0 unspecified atom stereocenters. The number of nitrogens with one attached hydrogen (secondary N) is 1. The molecule has 0 radical (unpaired) electrons. The van der Waals surface area contributed by atoms with Gasteiger partial charge >= 0.3 is 0 Å². The Morgan fingerprint density at radius 2 is 2.00 bits per heavy atom. The van der Waals surface area contributed by atoms with E-state index in [9.17, 15) is 13.4 Å². The first-order chi connectivity index (χ1) is 13.0. The molecule has 2 heterocycles. The van der Waals surface area contributed by atoms with E-state index in [1.54, 1.807) is 23.9 Å². The van der Waals surface area contributed by atoms with Crippen molar-refractivity contribution in [2.75, 3.05) is 12.4 Å². The Morgan fingerprint density at radius 3 is 2.70 bits per heavy atom. The van der Waals surface area contributed by atoms with Gasteiger partial charge in [-0.2, -0.15) is 5.10 Å². The van der Waals surface area contributed by atoms with Crippen LogP contribution in [0.3, 0.4) is 0 Å². The van der Waals surface area contributed by atoms with Crippen LogP contribution in [0.25, 0.3) is 5.69 Å². The first-order valence-electron chi connectivity index (χ1n) is 8.22. The van der Waals surface area contributed by atoms with E-state index in [2.05, 4.69) is 10.4 Å². The highest BCUT2D eigenvalue weighted by molar-refractivity contribution is 7.83. The Labute approximate surface area is 157 Å². The molecule has 0 saturated carbocycles. The molecule has 2 aromatic carbocycles. The van der Waals surface area contributed by atoms with Crippen LogP contribution in [-0.2, 0) is 22.3 Å². The van der Waals surface area contributed by atoms with Crippen molar-refractivity contribution in [3.8, 4) is 11.4 Å². The molecule has 0 bridgehead atoms. The molecular weight excluding hydrogens is 369 g/mol. The van der Waals surface area contributed by atoms with Gasteiger partial charge in [-0.1, -0.05) is 6.07 Å². The highest BCUT2D eigenvalue weighted by Crippen LogP contribution is 2.32. The first-order valence-corrected chi connectivity index (χ1v) is 9.71. The van der Waals surface area contributed by atoms with Crippen molar-refractivity contribution in [2.24, 2.45) is 0 Å². The molecule has 6 nitrogen and oxygen atoms in total. The van der Waals surface area contributed by atoms with E-state index < -0.39 is 22.5 Å². The lowest BCUT2D eigenvalue weighted by atomic mass is 10.2. The van der Waals surface area contributed by atoms with Gasteiger partial charge in [0, 0.05) is 21.9 Å². The van der Waals surface area contributed by atoms with Gasteiger partial charge in [0.25, 0.3) is 5.91 Å². The van der Waals surface area contributed by atoms with Gasteiger partial charge in [-0.3, -0.25) is 9.00 Å². The number of ether oxygens (including phenoxy) is 1. The second-order valence-corrected chi connectivity index (χ2v) is 7.53. The molecule has 8 heteroatoms. The third-order valence-corrected chi connectivity index (χ3v) is 5.51. The number of carbonyl (C=O) groups is 1. The Balaban J connectivity index is 1.74. The highest BCUT2D eigenvalue weighted by atomic mass is 32.2. The fraction of sp³-hybridized carbons (Fsp3) is 0.158. The van der Waals surface area contributed by atoms with Crippen LogP contribution in [0.2, 0.25) is 0 Å². The van der Waals surface area contributed by atoms with E-state index in [4.69, 9.17) is 4.74 Å². The Morgan fingerprint density at radius 1 is 1.22 bits per heavy atom. The fourth-order valence-corrected chi connectivity index (χ4v) is 4.24. The van der Waals surface area contributed by atoms with E-state index in [1.807, 2.05) is 12.1 Å². The highest BCUT2D eigenvalue weighted by Gasteiger charge is 2.28. The van der Waals surface area contributed by atoms with E-state index in [1.165, 1.54) is 24.3 Å². The Bertz CT molecular complexity index is 1050. The van der Waals surface area contributed by atoms with Crippen LogP contribution in [0.5, 0.6) is 5.75 Å². The number of amides is 1. The molecule has 0 fully saturated rings. The van der Waals surface area contributed by atoms with Crippen LogP contribution in [0.15, 0.2) is 48.5 Å². The summed E-state index contributed by atoms with van der Waals surface area (Å²) >= 11 is 0. The molecule has 1 atom stereocenters. The summed E-state index contributed by atoms with van der Waals surface area (Å²) in [5.41, 5.74) is 2.36. The monoisotopic (exact) mass is 385 g/mol. The molecule has 1 amide bonds. The van der Waals surface area contributed by atoms with Gasteiger partial charge in [0.15, 0.2) is 0 Å². The number of methoxy groups -OCH3 is 1. The zero-order chi connectivity index (χ0) is 19.0. The minimum Gasteiger partial charge on any atom is -0.497 e. The lowest BCUT2D eigenvalue weighted by Gasteiger charge is -2.11. The number of benzene rings is 2. The Hall–Kier alpha value is -3.00. The summed E-state index contributed by atoms with van der Waals surface area (Å²) < 4.78 is 32.1. The van der Waals surface area contributed by atoms with Gasteiger partial charge < -0.3 is 10.1 Å². The smallest absolute Gasteiger partial charge is 0.256 e. The third kappa shape index (κ3) is 3.35. The molecule has 0 aliphatic carbocycles. The third-order valence-electron chi connectivity index (χ3n) is 4.31. The van der Waals surface area contributed by atoms with E-state index in [0.717, 1.165) is 11.3 Å². The molecule has 27 heavy (non-hydrogen) atoms. The lowest BCUT2D eigenvalue weighted by Crippen LogP contribution is -2.16. The van der Waals surface area contributed by atoms with Crippen molar-refractivity contribution in [1.82, 2.24) is 9.78 Å². The summed E-state index contributed by atoms with van der Waals surface area (Å²) in [6.07, 6.45) is 0. The van der Waals surface area contributed by atoms with Gasteiger partial charge in [0.2, 0.25) is 0 Å². The average Bonchev–Trinajstić information content (AvgIpc) is 3.19. The van der Waals surface area contributed by atoms with Crippen molar-refractivity contribution in [3.05, 3.63) is 71.2 Å². The summed E-state index contributed by atoms with van der Waals surface area (Å²) in [4.78, 5) is 12.6. The van der Waals surface area contributed by atoms with Crippen molar-refractivity contribution in [2.45, 2.75) is 11.5 Å². The second-order valence-electron chi connectivity index (χ2n) is 6.08. The summed E-state index contributed by atoms with van der Waals surface area (Å²) in [6.45, 7) is 0. The topological polar surface area (TPSA) is 73.2 Å². The van der Waals surface area contributed by atoms with Crippen LogP contribution in [0.1, 0.15) is 21.6 Å². The van der Waals surface area contributed by atoms with E-state index >= 15 is 0 Å². The van der Waals surface area contributed by atoms with Gasteiger partial charge in [-0.25, -0.2) is 9.07 Å². The minimum atomic E-state index is -1.04. The minimum absolute atomic E-state index is 0.199. The molecule has 4 rings (SSSR count). The maximum atomic E-state index is 13.4. The largest absolute Gasteiger partial charge is 0.497 e. The van der Waals surface area contributed by atoms with E-state index in [-0.39, 0.29) is 5.56 Å². The maximum Gasteiger partial charge on any atom is 0.256 e. The van der Waals surface area contributed by atoms with Crippen molar-refractivity contribution >= 4 is 22.5 Å². The predicted molar refractivity (Wildman–Crippen MR) is 100 cm³/mol. The van der Waals surface area contributed by atoms with Gasteiger partial charge in [-0.05, 0) is 42.5 Å². The number of rotatable bonds is 4. The maximum absolute atomic E-state index is 13.4. The molecule has 1 aliphatic heterocycles. The Kier molecular flexibility index (Phi) is 4.49. The molecule has 1 aliphatic rings. The van der Waals surface area contributed by atoms with Gasteiger partial charge in [0.1, 0.15) is 17.4 Å². The van der Waals surface area contributed by atoms with Gasteiger partial charge in [0.05, 0.1) is 30.0 Å². The van der Waals surface area contributed by atoms with Crippen molar-refractivity contribution < 1.29 is 18.1 Å². The summed E-state index contributed by atoms with van der Waals surface area (Å²) in [6, 6.07) is 12.7. The number of nitrogens with zero attached hydrogens (tertiary/aromatic N) is 2. The SMILES string of the molecule is COc1ccc(-n2nc3c(c2NC(=O)c2cccc(F)c2)C[S@](=O)C3)cc1. The number of hydrogen-bond acceptors (Lipinski definition) is 4. The van der Waals surface area contributed by atoms with Gasteiger partial charge in [-0.15, -0.1) is 0 Å². The van der Waals surface area contributed by atoms with Crippen LogP contribution in [0.4, 0.5) is 10.2 Å². The molecule has 1 aromatic heterocycles. The number of fused-ring (bicyclic) bond motifs is 1. The normalized spacial score (nSPS) is 15.4. The number of halogens is 1.